The molecule has 2 heterocycles. The highest BCUT2D eigenvalue weighted by molar-refractivity contribution is 5.72. The van der Waals surface area contributed by atoms with Crippen molar-refractivity contribution in [3.05, 3.63) is 22.4 Å². The Hall–Kier alpha value is -1.85. The maximum Gasteiger partial charge on any atom is 0.326 e. The third-order valence-electron chi connectivity index (χ3n) is 2.68. The molecule has 6 nitrogen and oxygen atoms in total. The van der Waals surface area contributed by atoms with E-state index in [1.807, 2.05) is 6.92 Å². The molecule has 1 unspecified atom stereocenters. The van der Waals surface area contributed by atoms with Crippen molar-refractivity contribution in [2.75, 3.05) is 11.9 Å². The van der Waals surface area contributed by atoms with E-state index in [-0.39, 0.29) is 5.56 Å². The highest BCUT2D eigenvalue weighted by atomic mass is 16.4. The van der Waals surface area contributed by atoms with Gasteiger partial charge < -0.3 is 10.4 Å². The summed E-state index contributed by atoms with van der Waals surface area (Å²) in [7, 11) is 0. The summed E-state index contributed by atoms with van der Waals surface area (Å²) in [6.07, 6.45) is 2.45. The van der Waals surface area contributed by atoms with Gasteiger partial charge in [-0.05, 0) is 13.3 Å². The Labute approximate surface area is 91.9 Å². The minimum atomic E-state index is -0.976. The number of hydrogen-bond donors (Lipinski definition) is 2. The van der Waals surface area contributed by atoms with E-state index in [0.29, 0.717) is 30.9 Å². The number of aromatic nitrogens is 2. The summed E-state index contributed by atoms with van der Waals surface area (Å²) >= 11 is 0. The molecule has 1 aliphatic heterocycles. The summed E-state index contributed by atoms with van der Waals surface area (Å²) in [5, 5.41) is 11.9. The zero-order valence-electron chi connectivity index (χ0n) is 8.93. The number of fused-ring (bicyclic) bond motifs is 1. The third-order valence-corrected chi connectivity index (χ3v) is 2.68. The number of hydrogen-bond acceptors (Lipinski definition) is 4. The highest BCUT2D eigenvalue weighted by Gasteiger charge is 2.30. The Morgan fingerprint density at radius 3 is 3.12 bits per heavy atom. The number of carbonyl (C=O) groups is 1. The van der Waals surface area contributed by atoms with Gasteiger partial charge in [0, 0.05) is 13.0 Å². The van der Waals surface area contributed by atoms with Gasteiger partial charge >= 0.3 is 5.97 Å². The lowest BCUT2D eigenvalue weighted by Gasteiger charge is -2.11. The lowest BCUT2D eigenvalue weighted by Crippen LogP contribution is -2.30. The van der Waals surface area contributed by atoms with Gasteiger partial charge in [-0.1, -0.05) is 0 Å². The van der Waals surface area contributed by atoms with Crippen LogP contribution in [0.2, 0.25) is 0 Å². The maximum atomic E-state index is 12.0. The zero-order chi connectivity index (χ0) is 11.7. The molecule has 0 radical (unpaired) electrons. The highest BCUT2D eigenvalue weighted by Crippen LogP contribution is 2.22. The number of nitrogens with zero attached hydrogens (tertiary/aromatic N) is 2. The quantitative estimate of drug-likeness (QED) is 0.767. The summed E-state index contributed by atoms with van der Waals surface area (Å²) in [5.41, 5.74) is 0.0659. The van der Waals surface area contributed by atoms with Crippen molar-refractivity contribution >= 4 is 11.7 Å². The fourth-order valence-electron chi connectivity index (χ4n) is 1.95. The molecule has 0 amide bonds. The van der Waals surface area contributed by atoms with E-state index in [0.717, 1.165) is 0 Å². The summed E-state index contributed by atoms with van der Waals surface area (Å²) in [6.45, 7) is 2.47. The van der Waals surface area contributed by atoms with Crippen molar-refractivity contribution in [3.8, 4) is 0 Å². The molecule has 0 aliphatic carbocycles. The van der Waals surface area contributed by atoms with Crippen LogP contribution in [-0.2, 0) is 11.2 Å². The van der Waals surface area contributed by atoms with Crippen LogP contribution in [0.5, 0.6) is 0 Å². The smallest absolute Gasteiger partial charge is 0.326 e. The first kappa shape index (κ1) is 10.7. The van der Waals surface area contributed by atoms with Gasteiger partial charge in [0.05, 0.1) is 6.20 Å². The molecule has 16 heavy (non-hydrogen) atoms. The summed E-state index contributed by atoms with van der Waals surface area (Å²) in [5.74, 6) is -0.421. The van der Waals surface area contributed by atoms with Crippen molar-refractivity contribution < 1.29 is 9.90 Å². The van der Waals surface area contributed by atoms with E-state index in [4.69, 9.17) is 5.11 Å². The van der Waals surface area contributed by atoms with Crippen LogP contribution in [0.3, 0.4) is 0 Å². The van der Waals surface area contributed by atoms with Gasteiger partial charge in [-0.3, -0.25) is 9.36 Å². The fourth-order valence-corrected chi connectivity index (χ4v) is 1.95. The number of aryl methyl sites for hydroxylation is 1. The number of rotatable bonds is 3. The SMILES string of the molecule is CCNc1cnc2n(c1=O)C(C(=O)O)CC2. The van der Waals surface area contributed by atoms with E-state index in [2.05, 4.69) is 10.3 Å². The van der Waals surface area contributed by atoms with Crippen LogP contribution in [-0.4, -0.2) is 27.2 Å². The van der Waals surface area contributed by atoms with E-state index in [1.54, 1.807) is 0 Å². The molecule has 0 fully saturated rings. The Kier molecular flexibility index (Phi) is 2.64. The van der Waals surface area contributed by atoms with Gasteiger partial charge in [-0.2, -0.15) is 0 Å². The van der Waals surface area contributed by atoms with E-state index in [1.165, 1.54) is 10.8 Å². The van der Waals surface area contributed by atoms with Gasteiger partial charge in [-0.15, -0.1) is 0 Å². The maximum absolute atomic E-state index is 12.0. The number of carboxylic acid groups (broad SMARTS) is 1. The monoisotopic (exact) mass is 223 g/mol. The van der Waals surface area contributed by atoms with Crippen molar-refractivity contribution in [1.82, 2.24) is 9.55 Å². The first-order valence-electron chi connectivity index (χ1n) is 5.22. The van der Waals surface area contributed by atoms with Gasteiger partial charge in [-0.25, -0.2) is 9.78 Å². The predicted molar refractivity (Wildman–Crippen MR) is 57.7 cm³/mol. The number of anilines is 1. The Morgan fingerprint density at radius 2 is 2.50 bits per heavy atom. The van der Waals surface area contributed by atoms with Crippen LogP contribution in [0.25, 0.3) is 0 Å². The molecular weight excluding hydrogens is 210 g/mol. The molecule has 0 saturated heterocycles. The van der Waals surface area contributed by atoms with Crippen LogP contribution in [0.1, 0.15) is 25.2 Å². The standard InChI is InChI=1S/C10H13N3O3/c1-2-11-6-5-12-8-4-3-7(10(15)16)13(8)9(6)14/h5,7,11H,2-4H2,1H3,(H,15,16). The molecular formula is C10H13N3O3. The van der Waals surface area contributed by atoms with E-state index < -0.39 is 12.0 Å². The lowest BCUT2D eigenvalue weighted by molar-refractivity contribution is -0.140. The van der Waals surface area contributed by atoms with Gasteiger partial charge in [0.2, 0.25) is 0 Å². The third kappa shape index (κ3) is 1.56. The minimum Gasteiger partial charge on any atom is -0.480 e. The first-order valence-corrected chi connectivity index (χ1v) is 5.22. The van der Waals surface area contributed by atoms with Crippen LogP contribution in [0, 0.1) is 0 Å². The predicted octanol–water partition coefficient (Wildman–Crippen LogP) is 0.247. The molecule has 0 spiro atoms. The van der Waals surface area contributed by atoms with Gasteiger partial charge in [0.15, 0.2) is 0 Å². The summed E-state index contributed by atoms with van der Waals surface area (Å²) in [4.78, 5) is 27.0. The fraction of sp³-hybridized carbons (Fsp3) is 0.500. The molecule has 0 bridgehead atoms. The molecule has 2 N–H and O–H groups in total. The Morgan fingerprint density at radius 1 is 1.75 bits per heavy atom. The average Bonchev–Trinajstić information content (AvgIpc) is 2.67. The Balaban J connectivity index is 2.51. The molecule has 86 valence electrons. The first-order chi connectivity index (χ1) is 7.65. The van der Waals surface area contributed by atoms with E-state index in [9.17, 15) is 9.59 Å². The average molecular weight is 223 g/mol. The Bertz CT molecular complexity index is 481. The van der Waals surface area contributed by atoms with Crippen LogP contribution in [0.15, 0.2) is 11.0 Å². The molecule has 0 aromatic carbocycles. The topological polar surface area (TPSA) is 84.2 Å². The molecule has 0 saturated carbocycles. The second kappa shape index (κ2) is 3.96. The molecule has 6 heteroatoms. The van der Waals surface area contributed by atoms with Crippen molar-refractivity contribution in [3.63, 3.8) is 0 Å². The largest absolute Gasteiger partial charge is 0.480 e. The molecule has 1 aliphatic rings. The number of carboxylic acids is 1. The summed E-state index contributed by atoms with van der Waals surface area (Å²) in [6, 6.07) is -0.770. The normalized spacial score (nSPS) is 18.2. The van der Waals surface area contributed by atoms with Crippen molar-refractivity contribution in [1.29, 1.82) is 0 Å². The molecule has 1 atom stereocenters. The second-order valence-electron chi connectivity index (χ2n) is 3.69. The van der Waals surface area contributed by atoms with Crippen molar-refractivity contribution in [2.24, 2.45) is 0 Å². The molecule has 1 aromatic rings. The van der Waals surface area contributed by atoms with Gasteiger partial charge in [0.25, 0.3) is 5.56 Å². The second-order valence-corrected chi connectivity index (χ2v) is 3.69. The minimum absolute atomic E-state index is 0.295. The van der Waals surface area contributed by atoms with Crippen LogP contribution in [0.4, 0.5) is 5.69 Å². The zero-order valence-corrected chi connectivity index (χ0v) is 8.93. The lowest BCUT2D eigenvalue weighted by atomic mass is 10.2. The number of aliphatic carboxylic acids is 1. The molecule has 1 aromatic heterocycles. The van der Waals surface area contributed by atoms with Crippen LogP contribution >= 0.6 is 0 Å². The number of nitrogens with one attached hydrogen (secondary N) is 1. The molecule has 2 rings (SSSR count). The van der Waals surface area contributed by atoms with Crippen LogP contribution < -0.4 is 10.9 Å². The van der Waals surface area contributed by atoms with E-state index >= 15 is 0 Å². The summed E-state index contributed by atoms with van der Waals surface area (Å²) < 4.78 is 1.28. The van der Waals surface area contributed by atoms with Gasteiger partial charge in [0.1, 0.15) is 17.6 Å². The van der Waals surface area contributed by atoms with Crippen molar-refractivity contribution in [2.45, 2.75) is 25.8 Å².